The molecule has 11 rings (SSSR count). The van der Waals surface area contributed by atoms with E-state index in [2.05, 4.69) is 69.7 Å². The minimum absolute atomic E-state index is 0.0208. The highest BCUT2D eigenvalue weighted by molar-refractivity contribution is 6.00. The number of likely N-dealkylation sites (N-methyl/N-ethyl adjacent to an activating group) is 1. The maximum Gasteiger partial charge on any atom is 0.318 e. The number of nitrogens with zero attached hydrogens (tertiary/aromatic N) is 9. The summed E-state index contributed by atoms with van der Waals surface area (Å²) in [5.41, 5.74) is 3.80. The van der Waals surface area contributed by atoms with Crippen LogP contribution in [0.3, 0.4) is 0 Å². The number of aromatic nitrogens is 6. The highest BCUT2D eigenvalue weighted by Crippen LogP contribution is 2.40. The van der Waals surface area contributed by atoms with Crippen LogP contribution in [-0.2, 0) is 6.54 Å². The number of carbonyl (C=O) groups is 1. The van der Waals surface area contributed by atoms with Gasteiger partial charge in [0.05, 0.1) is 18.1 Å². The Kier molecular flexibility index (Phi) is 13.0. The summed E-state index contributed by atoms with van der Waals surface area (Å²) in [6.07, 6.45) is 7.77. The Morgan fingerprint density at radius 3 is 2.43 bits per heavy atom. The number of amides is 1. The molecular weight excluding hydrogens is 890 g/mol. The molecule has 4 aromatic carbocycles. The van der Waals surface area contributed by atoms with E-state index in [9.17, 15) is 20.1 Å². The lowest BCUT2D eigenvalue weighted by molar-refractivity contribution is 0.0943. The number of ether oxygens (including phenoxy) is 1. The van der Waals surface area contributed by atoms with Crippen molar-refractivity contribution in [1.82, 2.24) is 50.1 Å². The Bertz CT molecular complexity index is 3050. The van der Waals surface area contributed by atoms with Gasteiger partial charge in [-0.05, 0) is 111 Å². The number of halogens is 1. The summed E-state index contributed by atoms with van der Waals surface area (Å²) in [5.74, 6) is 0.185. The number of phenols is 3. The van der Waals surface area contributed by atoms with Crippen molar-refractivity contribution in [1.29, 1.82) is 0 Å². The third kappa shape index (κ3) is 9.04. The number of phenolic OH excluding ortho intramolecular Hbond substituents is 3. The molecule has 5 N–H and O–H groups in total. The van der Waals surface area contributed by atoms with Crippen LogP contribution >= 0.6 is 0 Å². The number of benzene rings is 4. The van der Waals surface area contributed by atoms with E-state index in [-0.39, 0.29) is 52.1 Å². The normalized spacial score (nSPS) is 19.8. The van der Waals surface area contributed by atoms with E-state index in [0.717, 1.165) is 61.5 Å². The van der Waals surface area contributed by atoms with Crippen molar-refractivity contribution in [2.75, 3.05) is 51.8 Å². The molecule has 0 radical (unpaired) electrons. The third-order valence-electron chi connectivity index (χ3n) is 14.4. The first-order valence-electron chi connectivity index (χ1n) is 24.3. The molecule has 2 bridgehead atoms. The second-order valence-corrected chi connectivity index (χ2v) is 19.4. The van der Waals surface area contributed by atoms with Gasteiger partial charge >= 0.3 is 6.01 Å². The predicted octanol–water partition coefficient (Wildman–Crippen LogP) is 7.53. The molecule has 0 saturated carbocycles. The molecule has 4 saturated heterocycles. The minimum atomic E-state index is -0.557. The first-order chi connectivity index (χ1) is 33.9. The van der Waals surface area contributed by atoms with Gasteiger partial charge in [0, 0.05) is 80.4 Å². The van der Waals surface area contributed by atoms with Crippen LogP contribution in [0.5, 0.6) is 23.3 Å². The molecule has 4 fully saturated rings. The van der Waals surface area contributed by atoms with Crippen molar-refractivity contribution in [3.63, 3.8) is 0 Å². The van der Waals surface area contributed by atoms with Crippen LogP contribution in [0.25, 0.3) is 50.0 Å². The standard InChI is InChI=1S/C29H38N6O3.C24H22FN5O2/c1-5-30-29(38)28-32-31-27(24-14-23(18(2)3)25(36)15-26(24)37)35(28)20-10-8-19(9-11-20)16-33(4)22-13-21-7-6-12-34(21)17-22;1-32-24-28-22-19(23(29-24)30-11-14-6-7-15(12-30)27-14)10-26-21(20(22)25)18-9-16(31)8-13-4-2-3-5-17(13)18/h8-11,14-15,18,21-22,36-37H,5-7,12-13,16-17H2,1-4H3,(H,30,38);2-5,8-10,14-15,27,31H,6-7,11-12H2,1H3. The predicted molar refractivity (Wildman–Crippen MR) is 267 cm³/mol. The van der Waals surface area contributed by atoms with E-state index in [1.165, 1.54) is 50.6 Å². The molecule has 7 aromatic rings. The summed E-state index contributed by atoms with van der Waals surface area (Å²) in [6.45, 7) is 11.0. The van der Waals surface area contributed by atoms with E-state index in [4.69, 9.17) is 4.74 Å². The molecule has 16 nitrogen and oxygen atoms in total. The largest absolute Gasteiger partial charge is 0.508 e. The van der Waals surface area contributed by atoms with Crippen molar-refractivity contribution in [3.8, 4) is 51.6 Å². The van der Waals surface area contributed by atoms with Gasteiger partial charge in [-0.3, -0.25) is 24.1 Å². The molecule has 70 heavy (non-hydrogen) atoms. The Hall–Kier alpha value is -6.95. The monoisotopic (exact) mass is 949 g/mol. The summed E-state index contributed by atoms with van der Waals surface area (Å²) in [4.78, 5) is 33.5. The Morgan fingerprint density at radius 1 is 0.929 bits per heavy atom. The second kappa shape index (κ2) is 19.4. The smallest absolute Gasteiger partial charge is 0.318 e. The quantitative estimate of drug-likeness (QED) is 0.0856. The zero-order valence-corrected chi connectivity index (χ0v) is 40.2. The van der Waals surface area contributed by atoms with Gasteiger partial charge in [0.2, 0.25) is 5.82 Å². The number of fused-ring (bicyclic) bond motifs is 5. The van der Waals surface area contributed by atoms with Gasteiger partial charge in [0.1, 0.15) is 34.3 Å². The summed E-state index contributed by atoms with van der Waals surface area (Å²) < 4.78 is 22.9. The van der Waals surface area contributed by atoms with Crippen LogP contribution in [0.2, 0.25) is 0 Å². The van der Waals surface area contributed by atoms with Crippen molar-refractivity contribution < 1.29 is 29.2 Å². The first kappa shape index (κ1) is 46.8. The molecule has 0 spiro atoms. The van der Waals surface area contributed by atoms with E-state index in [1.807, 2.05) is 57.2 Å². The zero-order valence-electron chi connectivity index (χ0n) is 40.2. The van der Waals surface area contributed by atoms with E-state index < -0.39 is 5.82 Å². The lowest BCUT2D eigenvalue weighted by Gasteiger charge is -2.34. The fourth-order valence-corrected chi connectivity index (χ4v) is 10.9. The number of methoxy groups -OCH3 is 1. The lowest BCUT2D eigenvalue weighted by atomic mass is 9.98. The molecule has 7 heterocycles. The third-order valence-corrected chi connectivity index (χ3v) is 14.4. The maximum atomic E-state index is 15.9. The van der Waals surface area contributed by atoms with E-state index >= 15 is 4.39 Å². The summed E-state index contributed by atoms with van der Waals surface area (Å²) in [7, 11) is 3.68. The second-order valence-electron chi connectivity index (χ2n) is 19.4. The number of aromatic hydroxyl groups is 3. The molecule has 364 valence electrons. The number of pyridine rings is 1. The van der Waals surface area contributed by atoms with Crippen LogP contribution < -0.4 is 20.3 Å². The molecule has 17 heteroatoms. The van der Waals surface area contributed by atoms with Gasteiger partial charge < -0.3 is 35.6 Å². The molecule has 4 aliphatic heterocycles. The summed E-state index contributed by atoms with van der Waals surface area (Å²) in [5, 5.41) is 48.3. The van der Waals surface area contributed by atoms with Crippen molar-refractivity contribution in [2.45, 2.75) is 89.5 Å². The lowest BCUT2D eigenvalue weighted by Crippen LogP contribution is -2.51. The van der Waals surface area contributed by atoms with Crippen molar-refractivity contribution >= 4 is 33.4 Å². The Balaban J connectivity index is 0.000000164. The van der Waals surface area contributed by atoms with Crippen LogP contribution in [0.4, 0.5) is 10.2 Å². The average molecular weight is 950 g/mol. The van der Waals surface area contributed by atoms with Gasteiger partial charge in [0.15, 0.2) is 11.6 Å². The Labute approximate surface area is 406 Å². The van der Waals surface area contributed by atoms with E-state index in [1.54, 1.807) is 22.9 Å². The van der Waals surface area contributed by atoms with Crippen LogP contribution in [-0.4, -0.2) is 132 Å². The number of anilines is 1. The van der Waals surface area contributed by atoms with Crippen LogP contribution in [0, 0.1) is 5.82 Å². The first-order valence-corrected chi connectivity index (χ1v) is 24.3. The number of hydrogen-bond acceptors (Lipinski definition) is 14. The molecule has 4 unspecified atom stereocenters. The molecule has 3 aromatic heterocycles. The number of carbonyl (C=O) groups excluding carboxylic acids is 1. The highest BCUT2D eigenvalue weighted by Gasteiger charge is 2.37. The topological polar surface area (TPSA) is 190 Å². The van der Waals surface area contributed by atoms with Crippen molar-refractivity contribution in [3.05, 3.63) is 102 Å². The van der Waals surface area contributed by atoms with Crippen LogP contribution in [0.1, 0.15) is 80.5 Å². The maximum absolute atomic E-state index is 15.9. The zero-order chi connectivity index (χ0) is 48.8. The fourth-order valence-electron chi connectivity index (χ4n) is 10.9. The van der Waals surface area contributed by atoms with Gasteiger partial charge in [0.25, 0.3) is 5.91 Å². The molecular formula is C53H60FN11O5. The Morgan fingerprint density at radius 2 is 1.70 bits per heavy atom. The fraction of sp³-hybridized carbons (Fsp3) is 0.396. The van der Waals surface area contributed by atoms with Gasteiger partial charge in [-0.25, -0.2) is 4.39 Å². The molecule has 1 amide bonds. The molecule has 4 atom stereocenters. The number of hydrogen-bond donors (Lipinski definition) is 5. The molecule has 4 aliphatic rings. The molecule has 0 aliphatic carbocycles. The van der Waals surface area contributed by atoms with E-state index in [0.29, 0.717) is 58.4 Å². The summed E-state index contributed by atoms with van der Waals surface area (Å²) in [6, 6.07) is 24.1. The van der Waals surface area contributed by atoms with Gasteiger partial charge in [-0.15, -0.1) is 10.2 Å². The van der Waals surface area contributed by atoms with Crippen molar-refractivity contribution in [2.24, 2.45) is 0 Å². The number of rotatable bonds is 11. The van der Waals surface area contributed by atoms with Crippen LogP contribution in [0.15, 0.2) is 79.0 Å². The van der Waals surface area contributed by atoms with Gasteiger partial charge in [-0.2, -0.15) is 9.97 Å². The number of nitrogens with one attached hydrogen (secondary N) is 2. The minimum Gasteiger partial charge on any atom is -0.508 e. The number of piperazine rings is 1. The SMILES string of the molecule is CCNC(=O)c1nnc(-c2cc(C(C)C)c(O)cc2O)n1-c1ccc(CN(C)C2CC3CCCN3C2)cc1.COc1nc(N2CC3CCC(C2)N3)c2cnc(-c3cc(O)cc4ccccc34)c(F)c2n1. The highest BCUT2D eigenvalue weighted by atomic mass is 19.1. The van der Waals surface area contributed by atoms with Gasteiger partial charge in [-0.1, -0.05) is 50.2 Å². The summed E-state index contributed by atoms with van der Waals surface area (Å²) >= 11 is 0. The average Bonchev–Trinajstić information content (AvgIpc) is 4.16.